The fourth-order valence-corrected chi connectivity index (χ4v) is 2.38. The maximum atomic E-state index is 8.13. The van der Waals surface area contributed by atoms with Crippen molar-refractivity contribution in [2.24, 2.45) is 0 Å². The number of nitrogens with zero attached hydrogens (tertiary/aromatic N) is 3. The number of hydrogen-bond donors (Lipinski definition) is 0. The highest BCUT2D eigenvalue weighted by Crippen LogP contribution is 2.25. The van der Waals surface area contributed by atoms with E-state index in [9.17, 15) is 0 Å². The van der Waals surface area contributed by atoms with Gasteiger partial charge in [0, 0.05) is 6.54 Å². The lowest BCUT2D eigenvalue weighted by Crippen LogP contribution is -2.15. The highest BCUT2D eigenvalue weighted by Gasteiger charge is 2.11. The van der Waals surface area contributed by atoms with Gasteiger partial charge >= 0.3 is 0 Å². The third-order valence-corrected chi connectivity index (χ3v) is 3.47. The molecular weight excluding hydrogens is 286 g/mol. The first-order chi connectivity index (χ1) is 13.3. The van der Waals surface area contributed by atoms with Gasteiger partial charge in [0.2, 0.25) is 5.88 Å². The van der Waals surface area contributed by atoms with Gasteiger partial charge in [0.25, 0.3) is 0 Å². The summed E-state index contributed by atoms with van der Waals surface area (Å²) in [6, 6.07) is 6.06. The van der Waals surface area contributed by atoms with Gasteiger partial charge in [-0.15, -0.1) is 5.10 Å². The molecule has 120 valence electrons. The average Bonchev–Trinajstić information content (AvgIpc) is 3.03. The Morgan fingerprint density at radius 1 is 1.17 bits per heavy atom. The Balaban J connectivity index is 1.95. The van der Waals surface area contributed by atoms with Crippen LogP contribution in [0.2, 0.25) is 0 Å². The SMILES string of the molecule is [2H]c1c([2H])c([2H])c(Cn2nc(OCCCN(C)C)c3ccccc32)c([2H])c1[2H]. The number of ether oxygens (including phenoxy) is 1. The van der Waals surface area contributed by atoms with Gasteiger partial charge in [0.15, 0.2) is 0 Å². The molecular formula is C19H23N3O. The maximum absolute atomic E-state index is 8.13. The van der Waals surface area contributed by atoms with E-state index in [1.165, 1.54) is 0 Å². The van der Waals surface area contributed by atoms with Crippen LogP contribution in [0.4, 0.5) is 0 Å². The van der Waals surface area contributed by atoms with E-state index in [1.54, 1.807) is 4.68 Å². The van der Waals surface area contributed by atoms with E-state index in [-0.39, 0.29) is 36.3 Å². The predicted molar refractivity (Wildman–Crippen MR) is 93.9 cm³/mol. The van der Waals surface area contributed by atoms with E-state index in [1.807, 2.05) is 38.4 Å². The zero-order chi connectivity index (χ0) is 20.4. The van der Waals surface area contributed by atoms with Gasteiger partial charge < -0.3 is 9.64 Å². The van der Waals surface area contributed by atoms with Gasteiger partial charge in [-0.2, -0.15) is 0 Å². The summed E-state index contributed by atoms with van der Waals surface area (Å²) in [7, 11) is 4.01. The second-order valence-corrected chi connectivity index (χ2v) is 5.59. The number of para-hydroxylation sites is 1. The molecule has 4 nitrogen and oxygen atoms in total. The highest BCUT2D eigenvalue weighted by atomic mass is 16.5. The minimum absolute atomic E-state index is 0.0667. The largest absolute Gasteiger partial charge is 0.476 e. The molecule has 0 radical (unpaired) electrons. The third-order valence-electron chi connectivity index (χ3n) is 3.47. The summed E-state index contributed by atoms with van der Waals surface area (Å²) in [6.45, 7) is 1.49. The minimum Gasteiger partial charge on any atom is -0.476 e. The summed E-state index contributed by atoms with van der Waals surface area (Å²) in [4.78, 5) is 2.08. The summed E-state index contributed by atoms with van der Waals surface area (Å²) < 4.78 is 47.2. The van der Waals surface area contributed by atoms with Crippen molar-refractivity contribution in [1.29, 1.82) is 0 Å². The van der Waals surface area contributed by atoms with E-state index in [0.29, 0.717) is 12.5 Å². The van der Waals surface area contributed by atoms with Crippen LogP contribution >= 0.6 is 0 Å². The van der Waals surface area contributed by atoms with Crippen molar-refractivity contribution in [3.63, 3.8) is 0 Å². The Kier molecular flexibility index (Phi) is 3.31. The third kappa shape index (κ3) is 3.90. The van der Waals surface area contributed by atoms with Crippen LogP contribution in [0.1, 0.15) is 18.8 Å². The smallest absolute Gasteiger partial charge is 0.240 e. The maximum Gasteiger partial charge on any atom is 0.240 e. The quantitative estimate of drug-likeness (QED) is 0.626. The summed E-state index contributed by atoms with van der Waals surface area (Å²) >= 11 is 0. The van der Waals surface area contributed by atoms with Crippen LogP contribution in [-0.2, 0) is 6.54 Å². The van der Waals surface area contributed by atoms with Crippen molar-refractivity contribution in [2.75, 3.05) is 27.2 Å². The van der Waals surface area contributed by atoms with Crippen molar-refractivity contribution >= 4 is 10.9 Å². The number of rotatable bonds is 7. The van der Waals surface area contributed by atoms with Crippen LogP contribution in [0.3, 0.4) is 0 Å². The summed E-state index contributed by atoms with van der Waals surface area (Å²) in [5.41, 5.74) is 0.996. The lowest BCUT2D eigenvalue weighted by atomic mass is 10.2. The van der Waals surface area contributed by atoms with E-state index in [0.717, 1.165) is 23.9 Å². The molecule has 4 heteroatoms. The van der Waals surface area contributed by atoms with Crippen molar-refractivity contribution in [3.05, 3.63) is 60.0 Å². The lowest BCUT2D eigenvalue weighted by Gasteiger charge is -2.09. The summed E-state index contributed by atoms with van der Waals surface area (Å²) in [5.74, 6) is 0.488. The van der Waals surface area contributed by atoms with Gasteiger partial charge in [0.1, 0.15) is 0 Å². The van der Waals surface area contributed by atoms with Gasteiger partial charge in [-0.1, -0.05) is 42.3 Å². The van der Waals surface area contributed by atoms with Crippen LogP contribution in [0, 0.1) is 0 Å². The highest BCUT2D eigenvalue weighted by molar-refractivity contribution is 5.84. The zero-order valence-electron chi connectivity index (χ0n) is 18.4. The first-order valence-electron chi connectivity index (χ1n) is 10.1. The van der Waals surface area contributed by atoms with E-state index >= 15 is 0 Å². The van der Waals surface area contributed by atoms with Crippen molar-refractivity contribution in [1.82, 2.24) is 14.7 Å². The molecule has 0 bridgehead atoms. The predicted octanol–water partition coefficient (Wildman–Crippen LogP) is 3.42. The van der Waals surface area contributed by atoms with Gasteiger partial charge in [0.05, 0.1) is 30.9 Å². The fraction of sp³-hybridized carbons (Fsp3) is 0.316. The number of hydrogen-bond acceptors (Lipinski definition) is 3. The molecule has 3 aromatic rings. The second-order valence-electron chi connectivity index (χ2n) is 5.59. The molecule has 3 rings (SSSR count). The van der Waals surface area contributed by atoms with Crippen LogP contribution < -0.4 is 4.74 Å². The van der Waals surface area contributed by atoms with Crippen LogP contribution in [-0.4, -0.2) is 41.9 Å². The fourth-order valence-electron chi connectivity index (χ4n) is 2.38. The van der Waals surface area contributed by atoms with Gasteiger partial charge in [-0.3, -0.25) is 4.68 Å². The van der Waals surface area contributed by atoms with E-state index in [4.69, 9.17) is 11.6 Å². The Morgan fingerprint density at radius 2 is 1.96 bits per heavy atom. The molecule has 23 heavy (non-hydrogen) atoms. The summed E-state index contributed by atoms with van der Waals surface area (Å²) in [6.07, 6.45) is 0.858. The van der Waals surface area contributed by atoms with E-state index in [2.05, 4.69) is 10.00 Å². The molecule has 0 unspecified atom stereocenters. The van der Waals surface area contributed by atoms with Crippen molar-refractivity contribution < 1.29 is 11.6 Å². The average molecular weight is 314 g/mol. The molecule has 0 amide bonds. The molecule has 0 aliphatic rings. The molecule has 1 heterocycles. The molecule has 0 atom stereocenters. The molecule has 0 saturated heterocycles. The van der Waals surface area contributed by atoms with Crippen molar-refractivity contribution in [3.8, 4) is 5.88 Å². The minimum atomic E-state index is -0.394. The molecule has 0 N–H and O–H groups in total. The second kappa shape index (κ2) is 7.29. The van der Waals surface area contributed by atoms with Crippen molar-refractivity contribution in [2.45, 2.75) is 13.0 Å². The van der Waals surface area contributed by atoms with E-state index < -0.39 is 6.04 Å². The van der Waals surface area contributed by atoms with Crippen LogP contribution in [0.25, 0.3) is 10.9 Å². The van der Waals surface area contributed by atoms with Crippen LogP contribution in [0.15, 0.2) is 54.5 Å². The Morgan fingerprint density at radius 3 is 2.74 bits per heavy atom. The lowest BCUT2D eigenvalue weighted by molar-refractivity contribution is 0.273. The zero-order valence-corrected chi connectivity index (χ0v) is 13.4. The van der Waals surface area contributed by atoms with Gasteiger partial charge in [-0.05, 0) is 38.2 Å². The normalized spacial score (nSPS) is 14.3. The molecule has 1 aromatic heterocycles. The molecule has 0 saturated carbocycles. The molecule has 2 aromatic carbocycles. The molecule has 0 aliphatic heterocycles. The topological polar surface area (TPSA) is 30.3 Å². The number of fused-ring (bicyclic) bond motifs is 1. The first kappa shape index (κ1) is 10.4. The van der Waals surface area contributed by atoms with Gasteiger partial charge in [-0.25, -0.2) is 0 Å². The Labute approximate surface area is 144 Å². The standard InChI is InChI=1S/C19H23N3O/c1-21(2)13-8-14-23-19-17-11-6-7-12-18(17)22(20-19)15-16-9-4-3-5-10-16/h3-7,9-12H,8,13-15H2,1-2H3/i3D,4D,5D,9D,10D. The number of benzene rings is 2. The first-order valence-corrected chi connectivity index (χ1v) is 7.60. The Bertz CT molecular complexity index is 974. The Hall–Kier alpha value is -2.33. The van der Waals surface area contributed by atoms with Crippen LogP contribution in [0.5, 0.6) is 5.88 Å². The molecule has 0 fully saturated rings. The molecule has 0 aliphatic carbocycles. The number of aromatic nitrogens is 2. The monoisotopic (exact) mass is 314 g/mol. The molecule has 0 spiro atoms. The summed E-state index contributed by atoms with van der Waals surface area (Å²) in [5, 5.41) is 5.34.